The van der Waals surface area contributed by atoms with Gasteiger partial charge in [0.2, 0.25) is 0 Å². The molecular formula is C36H27N. The first kappa shape index (κ1) is 22.6. The van der Waals surface area contributed by atoms with E-state index >= 15 is 0 Å². The minimum absolute atomic E-state index is 1.12. The van der Waals surface area contributed by atoms with Crippen LogP contribution in [0.2, 0.25) is 0 Å². The molecule has 6 aromatic rings. The van der Waals surface area contributed by atoms with Gasteiger partial charge in [0.25, 0.3) is 0 Å². The van der Waals surface area contributed by atoms with Gasteiger partial charge in [0.1, 0.15) is 0 Å². The summed E-state index contributed by atoms with van der Waals surface area (Å²) in [5.74, 6) is 0. The number of hydrogen-bond acceptors (Lipinski definition) is 0. The molecule has 37 heavy (non-hydrogen) atoms. The summed E-state index contributed by atoms with van der Waals surface area (Å²) in [7, 11) is 0. The van der Waals surface area contributed by atoms with Crippen LogP contribution < -0.4 is 0 Å². The van der Waals surface area contributed by atoms with Crippen LogP contribution in [0.25, 0.3) is 68.5 Å². The van der Waals surface area contributed by atoms with Crippen molar-refractivity contribution in [2.45, 2.75) is 0 Å². The van der Waals surface area contributed by atoms with E-state index in [0.29, 0.717) is 0 Å². The Kier molecular flexibility index (Phi) is 5.88. The molecule has 176 valence electrons. The van der Waals surface area contributed by atoms with Crippen LogP contribution in [0.15, 0.2) is 128 Å². The molecule has 0 unspecified atom stereocenters. The van der Waals surface area contributed by atoms with Gasteiger partial charge >= 0.3 is 0 Å². The molecule has 0 aliphatic carbocycles. The van der Waals surface area contributed by atoms with Crippen LogP contribution in [-0.2, 0) is 0 Å². The summed E-state index contributed by atoms with van der Waals surface area (Å²) >= 11 is 0. The van der Waals surface area contributed by atoms with Crippen molar-refractivity contribution in [1.29, 1.82) is 0 Å². The average molecular weight is 474 g/mol. The Labute approximate surface area is 218 Å². The van der Waals surface area contributed by atoms with Crippen molar-refractivity contribution in [3.8, 4) is 22.3 Å². The van der Waals surface area contributed by atoms with Crippen LogP contribution in [0, 0.1) is 0 Å². The molecule has 0 bridgehead atoms. The summed E-state index contributed by atoms with van der Waals surface area (Å²) < 4.78 is 2.30. The second-order valence-corrected chi connectivity index (χ2v) is 9.21. The Morgan fingerprint density at radius 3 is 1.38 bits per heavy atom. The third kappa shape index (κ3) is 4.32. The molecule has 1 nitrogen and oxygen atoms in total. The van der Waals surface area contributed by atoms with E-state index in [2.05, 4.69) is 139 Å². The molecule has 5 aromatic carbocycles. The molecule has 0 aliphatic heterocycles. The van der Waals surface area contributed by atoms with Gasteiger partial charge in [-0.25, -0.2) is 0 Å². The summed E-state index contributed by atoms with van der Waals surface area (Å²) in [5.41, 5.74) is 10.6. The van der Waals surface area contributed by atoms with Crippen LogP contribution in [0.4, 0.5) is 0 Å². The lowest BCUT2D eigenvalue weighted by Gasteiger charge is -2.05. The summed E-state index contributed by atoms with van der Waals surface area (Å²) in [6.45, 7) is 7.76. The Morgan fingerprint density at radius 2 is 0.919 bits per heavy atom. The minimum Gasteiger partial charge on any atom is -0.316 e. The van der Waals surface area contributed by atoms with E-state index in [0.717, 1.165) is 11.1 Å². The lowest BCUT2D eigenvalue weighted by molar-refractivity contribution is 1.30. The number of fused-ring (bicyclic) bond motifs is 3. The Morgan fingerprint density at radius 1 is 0.459 bits per heavy atom. The van der Waals surface area contributed by atoms with Crippen molar-refractivity contribution in [3.05, 3.63) is 145 Å². The van der Waals surface area contributed by atoms with Crippen molar-refractivity contribution < 1.29 is 0 Å². The van der Waals surface area contributed by atoms with E-state index < -0.39 is 0 Å². The molecule has 0 aliphatic rings. The number of hydrogen-bond donors (Lipinski definition) is 0. The molecule has 0 saturated heterocycles. The van der Waals surface area contributed by atoms with Crippen molar-refractivity contribution in [2.75, 3.05) is 0 Å². The molecule has 0 N–H and O–H groups in total. The molecule has 1 heterocycles. The second-order valence-electron chi connectivity index (χ2n) is 9.21. The molecule has 0 amide bonds. The first-order valence-corrected chi connectivity index (χ1v) is 12.5. The molecule has 0 saturated carbocycles. The molecule has 0 atom stereocenters. The average Bonchev–Trinajstić information content (AvgIpc) is 3.28. The summed E-state index contributed by atoms with van der Waals surface area (Å²) in [5, 5.41) is 2.48. The van der Waals surface area contributed by atoms with Gasteiger partial charge in [-0.3, -0.25) is 0 Å². The maximum absolute atomic E-state index is 3.88. The minimum atomic E-state index is 1.12. The topological polar surface area (TPSA) is 4.93 Å². The lowest BCUT2D eigenvalue weighted by atomic mass is 9.99. The van der Waals surface area contributed by atoms with E-state index in [1.54, 1.807) is 0 Å². The highest BCUT2D eigenvalue weighted by Crippen LogP contribution is 2.36. The number of nitrogens with zero attached hydrogens (tertiary/aromatic N) is 1. The lowest BCUT2D eigenvalue weighted by Crippen LogP contribution is -1.86. The fourth-order valence-electron chi connectivity index (χ4n) is 4.92. The fraction of sp³-hybridized carbons (Fsp3) is 0. The maximum atomic E-state index is 3.88. The maximum Gasteiger partial charge on any atom is 0.0535 e. The third-order valence-corrected chi connectivity index (χ3v) is 6.98. The van der Waals surface area contributed by atoms with Gasteiger partial charge in [0.05, 0.1) is 11.0 Å². The van der Waals surface area contributed by atoms with E-state index in [4.69, 9.17) is 0 Å². The normalized spacial score (nSPS) is 11.4. The smallest absolute Gasteiger partial charge is 0.0535 e. The molecular weight excluding hydrogens is 446 g/mol. The fourth-order valence-corrected chi connectivity index (χ4v) is 4.92. The van der Waals surface area contributed by atoms with Crippen molar-refractivity contribution in [3.63, 3.8) is 0 Å². The number of benzene rings is 5. The van der Waals surface area contributed by atoms with E-state index in [1.807, 2.05) is 18.2 Å². The molecule has 0 spiro atoms. The van der Waals surface area contributed by atoms with Gasteiger partial charge in [0, 0.05) is 17.0 Å². The van der Waals surface area contributed by atoms with Crippen LogP contribution in [0.1, 0.15) is 16.7 Å². The van der Waals surface area contributed by atoms with Crippen LogP contribution in [0.5, 0.6) is 0 Å². The zero-order chi connectivity index (χ0) is 25.2. The zero-order valence-corrected chi connectivity index (χ0v) is 20.6. The Bertz CT molecular complexity index is 1650. The van der Waals surface area contributed by atoms with Gasteiger partial charge in [-0.2, -0.15) is 0 Å². The van der Waals surface area contributed by atoms with Gasteiger partial charge in [-0.05, 0) is 69.3 Å². The molecule has 1 aromatic heterocycles. The highest BCUT2D eigenvalue weighted by atomic mass is 14.9. The standard InChI is InChI=1S/C36H27N/c1-3-26-10-14-29(15-11-26)31-18-20-35-33(24-31)34-25-32(30-16-12-27(4-2)13-17-30)19-21-36(34)37(35)23-22-28-8-6-5-7-9-28/h3-25H,1-2H2. The number of rotatable bonds is 6. The highest BCUT2D eigenvalue weighted by Gasteiger charge is 2.12. The zero-order valence-electron chi connectivity index (χ0n) is 20.6. The summed E-state index contributed by atoms with van der Waals surface area (Å²) in [4.78, 5) is 0. The van der Waals surface area contributed by atoms with Gasteiger partial charge in [0.15, 0.2) is 0 Å². The monoisotopic (exact) mass is 473 g/mol. The van der Waals surface area contributed by atoms with Crippen molar-refractivity contribution in [1.82, 2.24) is 4.57 Å². The third-order valence-electron chi connectivity index (χ3n) is 6.98. The molecule has 0 fully saturated rings. The number of aromatic nitrogens is 1. The SMILES string of the molecule is C=Cc1ccc(-c2ccc3c(c2)c2cc(-c4ccc(C=C)cc4)ccc2n3C=Cc2ccccc2)cc1. The molecule has 1 heteroatoms. The predicted octanol–water partition coefficient (Wildman–Crippen LogP) is 10.0. The van der Waals surface area contributed by atoms with Crippen molar-refractivity contribution in [2.24, 2.45) is 0 Å². The predicted molar refractivity (Wildman–Crippen MR) is 162 cm³/mol. The van der Waals surface area contributed by atoms with Crippen LogP contribution in [-0.4, -0.2) is 4.57 Å². The first-order chi connectivity index (χ1) is 18.2. The van der Waals surface area contributed by atoms with Crippen molar-refractivity contribution >= 4 is 46.2 Å². The van der Waals surface area contributed by atoms with Gasteiger partial charge < -0.3 is 4.57 Å². The second kappa shape index (κ2) is 9.64. The van der Waals surface area contributed by atoms with E-state index in [-0.39, 0.29) is 0 Å². The van der Waals surface area contributed by atoms with Crippen LogP contribution in [0.3, 0.4) is 0 Å². The largest absolute Gasteiger partial charge is 0.316 e. The van der Waals surface area contributed by atoms with E-state index in [1.165, 1.54) is 49.6 Å². The first-order valence-electron chi connectivity index (χ1n) is 12.5. The van der Waals surface area contributed by atoms with Gasteiger partial charge in [-0.15, -0.1) is 0 Å². The summed E-state index contributed by atoms with van der Waals surface area (Å²) in [6.07, 6.45) is 8.10. The van der Waals surface area contributed by atoms with Gasteiger partial charge in [-0.1, -0.05) is 116 Å². The quantitative estimate of drug-likeness (QED) is 0.227. The molecule has 6 rings (SSSR count). The Hall–Kier alpha value is -4.88. The Balaban J connectivity index is 1.54. The van der Waals surface area contributed by atoms with Crippen LogP contribution >= 0.6 is 0 Å². The molecule has 0 radical (unpaired) electrons. The van der Waals surface area contributed by atoms with E-state index in [9.17, 15) is 0 Å². The highest BCUT2D eigenvalue weighted by molar-refractivity contribution is 6.12. The summed E-state index contributed by atoms with van der Waals surface area (Å²) in [6, 6.07) is 41.1.